The SMILES string of the molecule is CC(C)N(Cc1cccc(Cl)c1)C(=O)Cc1csc(N)n1. The summed E-state index contributed by atoms with van der Waals surface area (Å²) in [6.07, 6.45) is 0.270. The Labute approximate surface area is 133 Å². The van der Waals surface area contributed by atoms with Gasteiger partial charge in [-0.1, -0.05) is 23.7 Å². The molecule has 0 aliphatic carbocycles. The number of benzene rings is 1. The first-order chi connectivity index (χ1) is 9.95. The summed E-state index contributed by atoms with van der Waals surface area (Å²) >= 11 is 7.34. The summed E-state index contributed by atoms with van der Waals surface area (Å²) in [5, 5.41) is 2.99. The number of carbonyl (C=O) groups excluding carboxylic acids is 1. The van der Waals surface area contributed by atoms with Gasteiger partial charge < -0.3 is 10.6 Å². The second-order valence-electron chi connectivity index (χ2n) is 5.10. The molecular formula is C15H18ClN3OS. The number of aromatic nitrogens is 1. The number of hydrogen-bond donors (Lipinski definition) is 1. The maximum Gasteiger partial charge on any atom is 0.229 e. The zero-order chi connectivity index (χ0) is 15.4. The summed E-state index contributed by atoms with van der Waals surface area (Å²) in [7, 11) is 0. The van der Waals surface area contributed by atoms with Gasteiger partial charge in [0.25, 0.3) is 0 Å². The van der Waals surface area contributed by atoms with E-state index in [-0.39, 0.29) is 18.4 Å². The second kappa shape index (κ2) is 6.91. The van der Waals surface area contributed by atoms with E-state index in [2.05, 4.69) is 4.98 Å². The number of rotatable bonds is 5. The number of halogens is 1. The van der Waals surface area contributed by atoms with Crippen LogP contribution < -0.4 is 5.73 Å². The number of nitrogens with two attached hydrogens (primary N) is 1. The van der Waals surface area contributed by atoms with Crippen LogP contribution in [0.3, 0.4) is 0 Å². The molecule has 2 rings (SSSR count). The van der Waals surface area contributed by atoms with Crippen molar-refractivity contribution in [1.29, 1.82) is 0 Å². The van der Waals surface area contributed by atoms with Gasteiger partial charge in [0.2, 0.25) is 5.91 Å². The predicted octanol–water partition coefficient (Wildman–Crippen LogP) is 3.36. The van der Waals surface area contributed by atoms with E-state index in [0.29, 0.717) is 16.7 Å². The molecule has 6 heteroatoms. The third kappa shape index (κ3) is 4.44. The van der Waals surface area contributed by atoms with Crippen LogP contribution in [-0.2, 0) is 17.8 Å². The molecule has 0 radical (unpaired) electrons. The number of hydrogen-bond acceptors (Lipinski definition) is 4. The Morgan fingerprint density at radius 2 is 2.24 bits per heavy atom. The minimum absolute atomic E-state index is 0.0373. The topological polar surface area (TPSA) is 59.2 Å². The Morgan fingerprint density at radius 1 is 1.48 bits per heavy atom. The summed E-state index contributed by atoms with van der Waals surface area (Å²) in [5.74, 6) is 0.0373. The van der Waals surface area contributed by atoms with Gasteiger partial charge in [-0.2, -0.15) is 0 Å². The number of thiazole rings is 1. The highest BCUT2D eigenvalue weighted by atomic mass is 35.5. The third-order valence-electron chi connectivity index (χ3n) is 3.09. The van der Waals surface area contributed by atoms with Crippen LogP contribution in [-0.4, -0.2) is 21.8 Å². The Hall–Kier alpha value is -1.59. The molecule has 2 aromatic rings. The highest BCUT2D eigenvalue weighted by Crippen LogP contribution is 2.17. The minimum atomic E-state index is 0.0373. The van der Waals surface area contributed by atoms with E-state index in [4.69, 9.17) is 17.3 Å². The van der Waals surface area contributed by atoms with Crippen LogP contribution >= 0.6 is 22.9 Å². The molecule has 0 atom stereocenters. The number of anilines is 1. The zero-order valence-corrected chi connectivity index (χ0v) is 13.6. The standard InChI is InChI=1S/C15H18ClN3OS/c1-10(2)19(8-11-4-3-5-12(16)6-11)14(20)7-13-9-21-15(17)18-13/h3-6,9-10H,7-8H2,1-2H3,(H2,17,18). The van der Waals surface area contributed by atoms with E-state index in [0.717, 1.165) is 11.3 Å². The van der Waals surface area contributed by atoms with E-state index >= 15 is 0 Å². The van der Waals surface area contributed by atoms with Gasteiger partial charge in [-0.15, -0.1) is 11.3 Å². The van der Waals surface area contributed by atoms with E-state index in [1.807, 2.05) is 48.4 Å². The van der Waals surface area contributed by atoms with Crippen LogP contribution in [0.15, 0.2) is 29.6 Å². The number of nitrogen functional groups attached to an aromatic ring is 1. The molecule has 0 fully saturated rings. The van der Waals surface area contributed by atoms with Gasteiger partial charge in [0, 0.05) is 23.0 Å². The second-order valence-corrected chi connectivity index (χ2v) is 6.43. The van der Waals surface area contributed by atoms with Gasteiger partial charge >= 0.3 is 0 Å². The summed E-state index contributed by atoms with van der Waals surface area (Å²) in [6, 6.07) is 7.67. The van der Waals surface area contributed by atoms with Crippen LogP contribution in [0.5, 0.6) is 0 Å². The molecule has 2 N–H and O–H groups in total. The van der Waals surface area contributed by atoms with Crippen LogP contribution in [0, 0.1) is 0 Å². The van der Waals surface area contributed by atoms with Crippen molar-refractivity contribution in [3.05, 3.63) is 45.9 Å². The largest absolute Gasteiger partial charge is 0.375 e. The van der Waals surface area contributed by atoms with Crippen molar-refractivity contribution in [2.75, 3.05) is 5.73 Å². The van der Waals surface area contributed by atoms with Crippen molar-refractivity contribution >= 4 is 34.0 Å². The van der Waals surface area contributed by atoms with Gasteiger partial charge in [0.1, 0.15) is 0 Å². The maximum absolute atomic E-state index is 12.5. The number of nitrogens with zero attached hydrogens (tertiary/aromatic N) is 2. The Bertz CT molecular complexity index is 627. The Morgan fingerprint density at radius 3 is 2.81 bits per heavy atom. The lowest BCUT2D eigenvalue weighted by Gasteiger charge is -2.27. The molecule has 0 saturated heterocycles. The van der Waals surface area contributed by atoms with E-state index in [1.54, 1.807) is 0 Å². The monoisotopic (exact) mass is 323 g/mol. The Balaban J connectivity index is 2.09. The molecule has 0 aliphatic rings. The quantitative estimate of drug-likeness (QED) is 0.917. The zero-order valence-electron chi connectivity index (χ0n) is 12.0. The van der Waals surface area contributed by atoms with Crippen molar-refractivity contribution in [3.8, 4) is 0 Å². The predicted molar refractivity (Wildman–Crippen MR) is 87.4 cm³/mol. The average molecular weight is 324 g/mol. The molecule has 4 nitrogen and oxygen atoms in total. The molecule has 112 valence electrons. The maximum atomic E-state index is 12.5. The van der Waals surface area contributed by atoms with E-state index in [1.165, 1.54) is 11.3 Å². The van der Waals surface area contributed by atoms with Gasteiger partial charge in [-0.05, 0) is 31.5 Å². The molecule has 0 spiro atoms. The molecule has 0 bridgehead atoms. The van der Waals surface area contributed by atoms with Crippen LogP contribution in [0.4, 0.5) is 5.13 Å². The normalized spacial score (nSPS) is 10.9. The minimum Gasteiger partial charge on any atom is -0.375 e. The molecule has 1 heterocycles. The molecule has 0 unspecified atom stereocenters. The van der Waals surface area contributed by atoms with Gasteiger partial charge in [0.05, 0.1) is 12.1 Å². The first kappa shape index (κ1) is 15.8. The fourth-order valence-corrected chi connectivity index (χ4v) is 2.83. The van der Waals surface area contributed by atoms with Crippen LogP contribution in [0.1, 0.15) is 25.1 Å². The highest BCUT2D eigenvalue weighted by molar-refractivity contribution is 7.13. The molecule has 0 saturated carbocycles. The van der Waals surface area contributed by atoms with Crippen molar-refractivity contribution in [3.63, 3.8) is 0 Å². The van der Waals surface area contributed by atoms with Gasteiger partial charge in [-0.25, -0.2) is 4.98 Å². The fraction of sp³-hybridized carbons (Fsp3) is 0.333. The van der Waals surface area contributed by atoms with E-state index < -0.39 is 0 Å². The highest BCUT2D eigenvalue weighted by Gasteiger charge is 2.18. The van der Waals surface area contributed by atoms with Crippen molar-refractivity contribution in [1.82, 2.24) is 9.88 Å². The van der Waals surface area contributed by atoms with Crippen LogP contribution in [0.2, 0.25) is 5.02 Å². The molecule has 1 aromatic heterocycles. The number of carbonyl (C=O) groups is 1. The summed E-state index contributed by atoms with van der Waals surface area (Å²) in [6.45, 7) is 4.53. The lowest BCUT2D eigenvalue weighted by molar-refractivity contribution is -0.132. The van der Waals surface area contributed by atoms with Crippen molar-refractivity contribution in [2.45, 2.75) is 32.9 Å². The summed E-state index contributed by atoms with van der Waals surface area (Å²) in [4.78, 5) is 18.4. The first-order valence-electron chi connectivity index (χ1n) is 6.69. The van der Waals surface area contributed by atoms with Gasteiger partial charge in [0.15, 0.2) is 5.13 Å². The molecule has 0 aliphatic heterocycles. The average Bonchev–Trinajstić information content (AvgIpc) is 2.81. The number of amides is 1. The molecule has 1 amide bonds. The van der Waals surface area contributed by atoms with Crippen LogP contribution in [0.25, 0.3) is 0 Å². The Kier molecular flexibility index (Phi) is 5.20. The molecule has 1 aromatic carbocycles. The van der Waals surface area contributed by atoms with Crippen molar-refractivity contribution < 1.29 is 4.79 Å². The van der Waals surface area contributed by atoms with Gasteiger partial charge in [-0.3, -0.25) is 4.79 Å². The molecular weight excluding hydrogens is 306 g/mol. The lowest BCUT2D eigenvalue weighted by atomic mass is 10.1. The van der Waals surface area contributed by atoms with E-state index in [9.17, 15) is 4.79 Å². The fourth-order valence-electron chi connectivity index (χ4n) is 2.05. The first-order valence-corrected chi connectivity index (χ1v) is 7.95. The molecule has 21 heavy (non-hydrogen) atoms. The third-order valence-corrected chi connectivity index (χ3v) is 4.05. The summed E-state index contributed by atoms with van der Waals surface area (Å²) < 4.78 is 0. The summed E-state index contributed by atoms with van der Waals surface area (Å²) in [5.41, 5.74) is 7.34. The lowest BCUT2D eigenvalue weighted by Crippen LogP contribution is -2.37. The van der Waals surface area contributed by atoms with Crippen molar-refractivity contribution in [2.24, 2.45) is 0 Å². The smallest absolute Gasteiger partial charge is 0.229 e.